The Labute approximate surface area is 84.4 Å². The summed E-state index contributed by atoms with van der Waals surface area (Å²) in [7, 11) is 0. The molecule has 2 aliphatic rings. The highest BCUT2D eigenvalue weighted by Crippen LogP contribution is 2.54. The van der Waals surface area contributed by atoms with E-state index >= 15 is 0 Å². The molecule has 0 aromatic heterocycles. The van der Waals surface area contributed by atoms with Gasteiger partial charge in [-0.15, -0.1) is 0 Å². The highest BCUT2D eigenvalue weighted by molar-refractivity contribution is 4.94. The van der Waals surface area contributed by atoms with Crippen LogP contribution in [0.25, 0.3) is 0 Å². The molecular formula is C11H20. The fourth-order valence-electron chi connectivity index (χ4n) is 1.41. The number of hydrogen-bond acceptors (Lipinski definition) is 0. The van der Waals surface area contributed by atoms with Gasteiger partial charge in [0.25, 0.3) is 0 Å². The molecule has 0 spiro atoms. The molecule has 0 radical (unpaired) electrons. The second-order valence-corrected chi connectivity index (χ2v) is 4.11. The van der Waals surface area contributed by atoms with E-state index in [2.05, 4.69) is 0 Å². The third kappa shape index (κ3) is 1.21. The van der Waals surface area contributed by atoms with Crippen molar-refractivity contribution in [3.05, 3.63) is 0 Å². The molecule has 0 N–H and O–H groups in total. The van der Waals surface area contributed by atoms with Crippen LogP contribution < -0.4 is 0 Å². The maximum Gasteiger partial charge on any atom is 0.0306 e. The molecular weight excluding hydrogens is 132 g/mol. The van der Waals surface area contributed by atoms with Crippen LogP contribution in [0.15, 0.2) is 0 Å². The van der Waals surface area contributed by atoms with Gasteiger partial charge in [-0.3, -0.25) is 0 Å². The molecule has 0 amide bonds. The lowest BCUT2D eigenvalue weighted by Crippen LogP contribution is -2.25. The van der Waals surface area contributed by atoms with Crippen LogP contribution in [0.3, 0.4) is 0 Å². The first kappa shape index (κ1) is 2.27. The van der Waals surface area contributed by atoms with Gasteiger partial charge in [0.2, 0.25) is 0 Å². The predicted octanol–water partition coefficient (Wildman–Crippen LogP) is 3.47. The average Bonchev–Trinajstić information content (AvgIpc) is 2.34. The van der Waals surface area contributed by atoms with E-state index in [4.69, 9.17) is 13.7 Å². The van der Waals surface area contributed by atoms with Crippen LogP contribution in [-0.4, -0.2) is 0 Å². The molecule has 3 atom stereocenters. The molecule has 2 saturated carbocycles. The first-order valence-corrected chi connectivity index (χ1v) is 3.87. The van der Waals surface area contributed by atoms with E-state index in [9.17, 15) is 0 Å². The lowest BCUT2D eigenvalue weighted by molar-refractivity contribution is 0.161. The molecule has 2 fully saturated rings. The Hall–Kier alpha value is 0. The van der Waals surface area contributed by atoms with Gasteiger partial charge in [-0.1, -0.05) is 27.1 Å². The molecule has 11 heavy (non-hydrogen) atoms. The van der Waals surface area contributed by atoms with E-state index in [0.29, 0.717) is 0 Å². The lowest BCUT2D eigenvalue weighted by atomic mass is 9.72. The monoisotopic (exact) mass is 162 g/mol. The van der Waals surface area contributed by atoms with Gasteiger partial charge in [0.05, 0.1) is 0 Å². The summed E-state index contributed by atoms with van der Waals surface area (Å²) >= 11 is 0. The van der Waals surface area contributed by atoms with Gasteiger partial charge in [-0.2, -0.15) is 0 Å². The van der Waals surface area contributed by atoms with Crippen LogP contribution in [0.4, 0.5) is 0 Å². The van der Waals surface area contributed by atoms with E-state index in [1.807, 2.05) is 0 Å². The predicted molar refractivity (Wildman–Crippen MR) is 48.4 cm³/mol. The van der Waals surface area contributed by atoms with Gasteiger partial charge in [0, 0.05) is 13.7 Å². The normalized spacial score (nSPS) is 88.5. The van der Waals surface area contributed by atoms with E-state index < -0.39 is 48.6 Å². The summed E-state index contributed by atoms with van der Waals surface area (Å²) in [6.07, 6.45) is -11.7. The molecule has 0 nitrogen and oxygen atoms in total. The Morgan fingerprint density at radius 3 is 2.55 bits per heavy atom. The Bertz CT molecular complexity index is 490. The molecule has 1 unspecified atom stereocenters. The van der Waals surface area contributed by atoms with Gasteiger partial charge < -0.3 is 0 Å². The number of hydrogen-bond donors (Lipinski definition) is 0. The topological polar surface area (TPSA) is 0 Å². The minimum absolute atomic E-state index is 0.995. The largest absolute Gasteiger partial charge is 0.0599 e. The first-order valence-electron chi connectivity index (χ1n) is 8.87. The fourth-order valence-corrected chi connectivity index (χ4v) is 1.41. The minimum Gasteiger partial charge on any atom is -0.0599 e. The second-order valence-electron chi connectivity index (χ2n) is 4.11. The van der Waals surface area contributed by atoms with Crippen molar-refractivity contribution in [3.63, 3.8) is 0 Å². The van der Waals surface area contributed by atoms with Gasteiger partial charge in [0.15, 0.2) is 0 Å². The van der Waals surface area contributed by atoms with Crippen LogP contribution >= 0.6 is 0 Å². The zero-order chi connectivity index (χ0) is 17.1. The SMILES string of the molecule is [2H]C1([2H])C([2H])([2H])[C@]2([2H])C([2H])([2H])C(C(C)(C)C)[C@@]1([2H])C2([2H])[2H]. The minimum atomic E-state index is -3.11. The smallest absolute Gasteiger partial charge is 0.0306 e. The maximum atomic E-state index is 8.48. The lowest BCUT2D eigenvalue weighted by Gasteiger charge is -2.34. The summed E-state index contributed by atoms with van der Waals surface area (Å²) < 4.78 is 81.2. The molecule has 0 heterocycles. The molecule has 2 bridgehead atoms. The molecule has 0 aromatic rings. The van der Waals surface area contributed by atoms with E-state index in [0.717, 1.165) is 0 Å². The summed E-state index contributed by atoms with van der Waals surface area (Å²) in [5, 5.41) is 0. The molecule has 64 valence electrons. The summed E-state index contributed by atoms with van der Waals surface area (Å²) in [5.74, 6) is -7.13. The number of fused-ring (bicyclic) bond motifs is 2. The van der Waals surface area contributed by atoms with Gasteiger partial charge >= 0.3 is 0 Å². The molecule has 0 aromatic carbocycles. The van der Waals surface area contributed by atoms with Gasteiger partial charge in [-0.25, -0.2) is 0 Å². The van der Waals surface area contributed by atoms with Crippen molar-refractivity contribution in [3.8, 4) is 0 Å². The molecule has 0 saturated heterocycles. The van der Waals surface area contributed by atoms with E-state index in [-0.39, 0.29) is 0 Å². The third-order valence-corrected chi connectivity index (χ3v) is 2.03. The Morgan fingerprint density at radius 1 is 1.27 bits per heavy atom. The highest BCUT2D eigenvalue weighted by Gasteiger charge is 2.44. The van der Waals surface area contributed by atoms with Gasteiger partial charge in [-0.05, 0) is 42.2 Å². The maximum absolute atomic E-state index is 8.48. The zero-order valence-corrected chi connectivity index (χ0v) is 7.08. The quantitative estimate of drug-likeness (QED) is 0.511. The van der Waals surface area contributed by atoms with Crippen LogP contribution in [-0.2, 0) is 0 Å². The Balaban J connectivity index is 2.95. The molecule has 2 rings (SSSR count). The van der Waals surface area contributed by atoms with Crippen molar-refractivity contribution in [1.29, 1.82) is 0 Å². The van der Waals surface area contributed by atoms with Crippen LogP contribution in [0.5, 0.6) is 0 Å². The standard InChI is InChI=1S/C11H20/c1-11(2,3)10-7-8-4-5-9(10)6-8/h8-10H,4-7H2,1-3H3/t8-,9+,10?/m0/s1/i4D2,5D2,6D2,7D2,8D,9D. The average molecular weight is 162 g/mol. The van der Waals surface area contributed by atoms with E-state index in [1.165, 1.54) is 0 Å². The van der Waals surface area contributed by atoms with Crippen molar-refractivity contribution < 1.29 is 13.7 Å². The third-order valence-electron chi connectivity index (χ3n) is 2.03. The summed E-state index contributed by atoms with van der Waals surface area (Å²) in [4.78, 5) is 0. The summed E-state index contributed by atoms with van der Waals surface area (Å²) in [5.41, 5.74) is -0.995. The number of rotatable bonds is 0. The van der Waals surface area contributed by atoms with Crippen molar-refractivity contribution in [1.82, 2.24) is 0 Å². The first-order chi connectivity index (χ1) is 8.87. The molecule has 0 aliphatic heterocycles. The van der Waals surface area contributed by atoms with Crippen molar-refractivity contribution >= 4 is 0 Å². The zero-order valence-electron chi connectivity index (χ0n) is 17.1. The molecule has 0 heteroatoms. The van der Waals surface area contributed by atoms with Crippen molar-refractivity contribution in [2.45, 2.75) is 46.3 Å². The Morgan fingerprint density at radius 2 is 2.00 bits per heavy atom. The Kier molecular flexibility index (Phi) is 0.464. The van der Waals surface area contributed by atoms with Crippen molar-refractivity contribution in [2.24, 2.45) is 23.1 Å². The van der Waals surface area contributed by atoms with Crippen LogP contribution in [0.2, 0.25) is 0 Å². The summed E-state index contributed by atoms with van der Waals surface area (Å²) in [6.45, 7) is 4.70. The van der Waals surface area contributed by atoms with Gasteiger partial charge in [0.1, 0.15) is 0 Å². The summed E-state index contributed by atoms with van der Waals surface area (Å²) in [6, 6.07) is 0. The molecule has 2 aliphatic carbocycles. The van der Waals surface area contributed by atoms with E-state index in [1.54, 1.807) is 20.8 Å². The van der Waals surface area contributed by atoms with Crippen LogP contribution in [0.1, 0.15) is 60.0 Å². The van der Waals surface area contributed by atoms with Crippen molar-refractivity contribution in [2.75, 3.05) is 0 Å². The second kappa shape index (κ2) is 2.24. The van der Waals surface area contributed by atoms with Crippen LogP contribution in [0, 0.1) is 23.1 Å². The highest BCUT2D eigenvalue weighted by atomic mass is 14.5. The fraction of sp³-hybridized carbons (Fsp3) is 1.00.